The standard InChI is InChI=1S/C32H42O9/c1-6-7-17(2)8-12-29(4)23-22(34)24(35)30(5)19(31(23)16-38-21(33)14-20(31)40-29)9-11-28(3)25(18-10-13-37-15-18)39-27(36)26-32(28,30)41-26/h10,13,15,17,19-20,23-26,35H,6-9,11-12,14,16H2,1-5H3. The number of Topliss-reactive ketones (excluding diaryl/α,β-unsaturated/α-hetero) is 1. The van der Waals surface area contributed by atoms with Gasteiger partial charge in [0.2, 0.25) is 0 Å². The highest BCUT2D eigenvalue weighted by Gasteiger charge is 2.90. The lowest BCUT2D eigenvalue weighted by molar-refractivity contribution is -0.252. The average molecular weight is 571 g/mol. The molecule has 1 aromatic heterocycles. The van der Waals surface area contributed by atoms with Crippen molar-refractivity contribution in [1.82, 2.24) is 0 Å². The summed E-state index contributed by atoms with van der Waals surface area (Å²) < 4.78 is 30.4. The first-order valence-electron chi connectivity index (χ1n) is 15.4. The maximum atomic E-state index is 14.7. The van der Waals surface area contributed by atoms with Crippen molar-refractivity contribution in [3.63, 3.8) is 0 Å². The molecule has 2 saturated carbocycles. The molecule has 12 atom stereocenters. The summed E-state index contributed by atoms with van der Waals surface area (Å²) in [5.74, 6) is -1.55. The summed E-state index contributed by atoms with van der Waals surface area (Å²) in [6, 6.07) is 1.79. The lowest BCUT2D eigenvalue weighted by atomic mass is 9.36. The Balaban J connectivity index is 1.35. The quantitative estimate of drug-likeness (QED) is 0.394. The molecule has 0 bridgehead atoms. The predicted octanol–water partition coefficient (Wildman–Crippen LogP) is 4.30. The van der Waals surface area contributed by atoms with Gasteiger partial charge in [0, 0.05) is 21.8 Å². The van der Waals surface area contributed by atoms with Crippen LogP contribution in [-0.4, -0.2) is 58.9 Å². The zero-order valence-electron chi connectivity index (χ0n) is 24.6. The molecule has 9 heteroatoms. The number of ether oxygens (including phenoxy) is 4. The molecule has 9 nitrogen and oxygen atoms in total. The Bertz CT molecular complexity index is 1280. The van der Waals surface area contributed by atoms with Gasteiger partial charge in [0.15, 0.2) is 11.9 Å². The number of rotatable bonds is 6. The Morgan fingerprint density at radius 3 is 2.59 bits per heavy atom. The normalized spacial score (nSPS) is 50.4. The molecule has 12 unspecified atom stereocenters. The summed E-state index contributed by atoms with van der Waals surface area (Å²) >= 11 is 0. The van der Waals surface area contributed by atoms with Crippen molar-refractivity contribution >= 4 is 17.7 Å². The average Bonchev–Trinajstić information content (AvgIpc) is 3.39. The number of ketones is 1. The van der Waals surface area contributed by atoms with Gasteiger partial charge < -0.3 is 28.5 Å². The molecule has 6 fully saturated rings. The highest BCUT2D eigenvalue weighted by atomic mass is 16.7. The number of aliphatic hydroxyl groups is 1. The molecule has 0 amide bonds. The minimum Gasteiger partial charge on any atom is -0.472 e. The monoisotopic (exact) mass is 570 g/mol. The molecular formula is C32H42O9. The minimum atomic E-state index is -1.38. The second-order valence-electron chi connectivity index (χ2n) is 14.5. The fraction of sp³-hybridized carbons (Fsp3) is 0.781. The predicted molar refractivity (Wildman–Crippen MR) is 143 cm³/mol. The first-order chi connectivity index (χ1) is 19.4. The number of esters is 2. The van der Waals surface area contributed by atoms with Crippen molar-refractivity contribution in [2.75, 3.05) is 6.61 Å². The number of epoxide rings is 1. The lowest BCUT2D eigenvalue weighted by Crippen LogP contribution is -2.76. The largest absolute Gasteiger partial charge is 0.472 e. The molecule has 7 rings (SSSR count). The van der Waals surface area contributed by atoms with E-state index < -0.39 is 63.8 Å². The third-order valence-electron chi connectivity index (χ3n) is 12.5. The van der Waals surface area contributed by atoms with Crippen molar-refractivity contribution in [2.24, 2.45) is 34.0 Å². The van der Waals surface area contributed by atoms with Crippen LogP contribution in [0.2, 0.25) is 0 Å². The van der Waals surface area contributed by atoms with Crippen LogP contribution in [0.5, 0.6) is 0 Å². The van der Waals surface area contributed by atoms with Crippen LogP contribution in [0.15, 0.2) is 23.0 Å². The molecule has 6 aliphatic rings. The Kier molecular flexibility index (Phi) is 5.83. The highest BCUT2D eigenvalue weighted by Crippen LogP contribution is 2.80. The van der Waals surface area contributed by atoms with Gasteiger partial charge in [0.25, 0.3) is 0 Å². The van der Waals surface area contributed by atoms with E-state index in [2.05, 4.69) is 13.8 Å². The number of carbonyl (C=O) groups excluding carboxylic acids is 3. The summed E-state index contributed by atoms with van der Waals surface area (Å²) in [7, 11) is 0. The van der Waals surface area contributed by atoms with Crippen LogP contribution in [0.1, 0.15) is 91.2 Å². The van der Waals surface area contributed by atoms with Crippen LogP contribution in [0, 0.1) is 34.0 Å². The van der Waals surface area contributed by atoms with E-state index in [-0.39, 0.29) is 30.7 Å². The Labute approximate surface area is 240 Å². The van der Waals surface area contributed by atoms with Gasteiger partial charge in [-0.15, -0.1) is 0 Å². The summed E-state index contributed by atoms with van der Waals surface area (Å²) in [4.78, 5) is 40.7. The van der Waals surface area contributed by atoms with Gasteiger partial charge in [-0.05, 0) is 50.5 Å². The molecule has 0 aromatic carbocycles. The Morgan fingerprint density at radius 1 is 1.10 bits per heavy atom. The van der Waals surface area contributed by atoms with Gasteiger partial charge in [0.1, 0.15) is 24.4 Å². The van der Waals surface area contributed by atoms with Crippen molar-refractivity contribution in [2.45, 2.75) is 115 Å². The number of furan rings is 1. The van der Waals surface area contributed by atoms with E-state index in [4.69, 9.17) is 23.4 Å². The van der Waals surface area contributed by atoms with E-state index in [1.54, 1.807) is 18.6 Å². The molecule has 2 aliphatic carbocycles. The van der Waals surface area contributed by atoms with Gasteiger partial charge in [-0.25, -0.2) is 4.79 Å². The minimum absolute atomic E-state index is 0.0626. The molecule has 5 heterocycles. The van der Waals surface area contributed by atoms with Crippen molar-refractivity contribution < 1.29 is 42.9 Å². The van der Waals surface area contributed by atoms with E-state index in [0.29, 0.717) is 25.2 Å². The van der Waals surface area contributed by atoms with Gasteiger partial charge >= 0.3 is 11.9 Å². The molecule has 4 saturated heterocycles. The Morgan fingerprint density at radius 2 is 1.88 bits per heavy atom. The molecule has 1 N–H and O–H groups in total. The fourth-order valence-electron chi connectivity index (χ4n) is 10.7. The molecule has 2 spiro atoms. The number of cyclic esters (lactones) is 2. The van der Waals surface area contributed by atoms with E-state index in [1.807, 2.05) is 20.8 Å². The van der Waals surface area contributed by atoms with E-state index in [0.717, 1.165) is 24.8 Å². The first-order valence-corrected chi connectivity index (χ1v) is 15.4. The fourth-order valence-corrected chi connectivity index (χ4v) is 10.7. The smallest absolute Gasteiger partial charge is 0.339 e. The topological polar surface area (TPSA) is 125 Å². The number of hydrogen-bond donors (Lipinski definition) is 1. The maximum absolute atomic E-state index is 14.7. The number of carbonyl (C=O) groups is 3. The summed E-state index contributed by atoms with van der Waals surface area (Å²) in [6.07, 6.45) is 4.76. The third-order valence-corrected chi connectivity index (χ3v) is 12.5. The van der Waals surface area contributed by atoms with Crippen LogP contribution >= 0.6 is 0 Å². The van der Waals surface area contributed by atoms with Crippen LogP contribution in [-0.2, 0) is 33.3 Å². The number of aliphatic hydroxyl groups excluding tert-OH is 1. The van der Waals surface area contributed by atoms with E-state index >= 15 is 0 Å². The summed E-state index contributed by atoms with van der Waals surface area (Å²) in [5, 5.41) is 12.2. The maximum Gasteiger partial charge on any atom is 0.339 e. The van der Waals surface area contributed by atoms with Crippen molar-refractivity contribution in [1.29, 1.82) is 0 Å². The molecular weight excluding hydrogens is 528 g/mol. The second kappa shape index (κ2) is 8.66. The molecule has 1 aromatic rings. The molecule has 41 heavy (non-hydrogen) atoms. The van der Waals surface area contributed by atoms with Gasteiger partial charge in [-0.1, -0.05) is 40.5 Å². The zero-order valence-corrected chi connectivity index (χ0v) is 24.6. The van der Waals surface area contributed by atoms with Crippen molar-refractivity contribution in [3.05, 3.63) is 24.2 Å². The van der Waals surface area contributed by atoms with Crippen LogP contribution in [0.25, 0.3) is 0 Å². The summed E-state index contributed by atoms with van der Waals surface area (Å²) in [6.45, 7) is 10.4. The molecule has 4 aliphatic heterocycles. The highest BCUT2D eigenvalue weighted by molar-refractivity contribution is 5.92. The SMILES string of the molecule is CCCC(C)CCC1(C)OC2CC(=O)OCC23C1C(=O)C(O)C1(C)C3CCC2(C)C(c3ccoc3)OC(=O)C3OC321. The third kappa shape index (κ3) is 3.15. The van der Waals surface area contributed by atoms with Gasteiger partial charge in [0.05, 0.1) is 36.6 Å². The first kappa shape index (κ1) is 27.6. The van der Waals surface area contributed by atoms with Crippen molar-refractivity contribution in [3.8, 4) is 0 Å². The lowest BCUT2D eigenvalue weighted by Gasteiger charge is -2.66. The Hall–Kier alpha value is -2.23. The van der Waals surface area contributed by atoms with Gasteiger partial charge in [-0.3, -0.25) is 9.59 Å². The second-order valence-corrected chi connectivity index (χ2v) is 14.5. The van der Waals surface area contributed by atoms with Crippen LogP contribution < -0.4 is 0 Å². The zero-order chi connectivity index (χ0) is 29.2. The summed E-state index contributed by atoms with van der Waals surface area (Å²) in [5.41, 5.74) is -3.91. The molecule has 0 radical (unpaired) electrons. The van der Waals surface area contributed by atoms with E-state index in [1.165, 1.54) is 0 Å². The molecule has 224 valence electrons. The van der Waals surface area contributed by atoms with Crippen LogP contribution in [0.4, 0.5) is 0 Å². The van der Waals surface area contributed by atoms with Gasteiger partial charge in [-0.2, -0.15) is 0 Å². The van der Waals surface area contributed by atoms with E-state index in [9.17, 15) is 19.5 Å². The number of hydrogen-bond acceptors (Lipinski definition) is 9. The number of fused-ring (bicyclic) bond motifs is 1. The van der Waals surface area contributed by atoms with Crippen LogP contribution in [0.3, 0.4) is 0 Å².